The maximum atomic E-state index is 14.3. The molecule has 0 bridgehead atoms. The lowest BCUT2D eigenvalue weighted by Gasteiger charge is -2.49. The standard InChI is InChI=1S/C35H27N3O5S2/c39-29(19-25-17-10-18-44-25)36-30-33(40)38-31(35(41)42-32(23-13-6-2-7-14-23)24-15-8-3-9-16-24)26(21-45-34(30)38)27-20-28(43-37-27)22-11-4-1-5-12-22/h1-18,20,30,32,34H,19,21H2,(H,36,39)/t30-,34-/m1/s1. The zero-order valence-corrected chi connectivity index (χ0v) is 25.5. The molecule has 1 N–H and O–H groups in total. The summed E-state index contributed by atoms with van der Waals surface area (Å²) < 4.78 is 11.9. The monoisotopic (exact) mass is 633 g/mol. The van der Waals surface area contributed by atoms with Crippen molar-refractivity contribution in [1.29, 1.82) is 0 Å². The maximum absolute atomic E-state index is 14.3. The van der Waals surface area contributed by atoms with Gasteiger partial charge in [-0.15, -0.1) is 23.1 Å². The predicted molar refractivity (Wildman–Crippen MR) is 173 cm³/mol. The van der Waals surface area contributed by atoms with Crippen molar-refractivity contribution in [1.82, 2.24) is 15.4 Å². The number of hydrogen-bond acceptors (Lipinski definition) is 8. The summed E-state index contributed by atoms with van der Waals surface area (Å²) in [5.74, 6) is -0.378. The Hall–Kier alpha value is -4.93. The lowest BCUT2D eigenvalue weighted by molar-refractivity contribution is -0.154. The van der Waals surface area contributed by atoms with Crippen LogP contribution in [0.4, 0.5) is 0 Å². The van der Waals surface area contributed by atoms with E-state index in [4.69, 9.17) is 9.26 Å². The van der Waals surface area contributed by atoms with Crippen molar-refractivity contribution in [3.63, 3.8) is 0 Å². The second-order valence-corrected chi connectivity index (χ2v) is 12.7. The van der Waals surface area contributed by atoms with E-state index in [1.807, 2.05) is 109 Å². The van der Waals surface area contributed by atoms with E-state index in [0.717, 1.165) is 21.6 Å². The van der Waals surface area contributed by atoms with E-state index < -0.39 is 23.5 Å². The van der Waals surface area contributed by atoms with Crippen LogP contribution in [0, 0.1) is 0 Å². The van der Waals surface area contributed by atoms with Gasteiger partial charge in [-0.2, -0.15) is 0 Å². The fourth-order valence-corrected chi connectivity index (χ4v) is 7.56. The Bertz CT molecular complexity index is 1820. The molecule has 224 valence electrons. The molecule has 2 amide bonds. The Balaban J connectivity index is 1.23. The molecular formula is C35H27N3O5S2. The zero-order valence-electron chi connectivity index (χ0n) is 23.9. The van der Waals surface area contributed by atoms with Crippen LogP contribution >= 0.6 is 23.1 Å². The molecule has 0 spiro atoms. The van der Waals surface area contributed by atoms with Crippen molar-refractivity contribution < 1.29 is 23.6 Å². The number of β-lactam (4-membered cyclic amide) rings is 1. The first-order valence-electron chi connectivity index (χ1n) is 14.4. The van der Waals surface area contributed by atoms with Gasteiger partial charge in [0.05, 0.1) is 6.42 Å². The number of rotatable bonds is 9. The van der Waals surface area contributed by atoms with Gasteiger partial charge in [0.1, 0.15) is 22.8 Å². The fraction of sp³-hybridized carbons (Fsp3) is 0.143. The van der Waals surface area contributed by atoms with Gasteiger partial charge < -0.3 is 14.6 Å². The number of carbonyl (C=O) groups is 3. The molecule has 8 nitrogen and oxygen atoms in total. The Kier molecular flexibility index (Phi) is 8.06. The topological polar surface area (TPSA) is 102 Å². The number of thiophene rings is 1. The molecule has 2 atom stereocenters. The van der Waals surface area contributed by atoms with Gasteiger partial charge in [0, 0.05) is 27.8 Å². The van der Waals surface area contributed by atoms with Crippen LogP contribution in [0.2, 0.25) is 0 Å². The molecule has 2 aromatic heterocycles. The smallest absolute Gasteiger partial charge is 0.356 e. The normalized spacial score (nSPS) is 17.5. The van der Waals surface area contributed by atoms with Gasteiger partial charge >= 0.3 is 5.97 Å². The van der Waals surface area contributed by atoms with Gasteiger partial charge in [0.25, 0.3) is 5.91 Å². The fourth-order valence-electron chi connectivity index (χ4n) is 5.50. The van der Waals surface area contributed by atoms with Crippen LogP contribution in [0.5, 0.6) is 0 Å². The van der Waals surface area contributed by atoms with Crippen molar-refractivity contribution in [3.8, 4) is 11.3 Å². The Morgan fingerprint density at radius 3 is 2.24 bits per heavy atom. The van der Waals surface area contributed by atoms with E-state index in [1.54, 1.807) is 6.07 Å². The number of esters is 1. The van der Waals surface area contributed by atoms with Crippen molar-refractivity contribution in [2.75, 3.05) is 5.75 Å². The molecule has 1 saturated heterocycles. The molecule has 0 saturated carbocycles. The molecule has 3 aromatic carbocycles. The summed E-state index contributed by atoms with van der Waals surface area (Å²) in [4.78, 5) is 43.1. The third kappa shape index (κ3) is 5.82. The molecule has 4 heterocycles. The quantitative estimate of drug-likeness (QED) is 0.155. The van der Waals surface area contributed by atoms with Crippen LogP contribution in [0.3, 0.4) is 0 Å². The number of nitrogens with one attached hydrogen (secondary N) is 1. The van der Waals surface area contributed by atoms with Crippen LogP contribution in [0.25, 0.3) is 16.9 Å². The lowest BCUT2D eigenvalue weighted by Crippen LogP contribution is -2.70. The average Bonchev–Trinajstić information content (AvgIpc) is 3.79. The van der Waals surface area contributed by atoms with Gasteiger partial charge in [-0.25, -0.2) is 4.79 Å². The van der Waals surface area contributed by atoms with Crippen molar-refractivity contribution >= 4 is 46.5 Å². The molecule has 2 aliphatic heterocycles. The highest BCUT2D eigenvalue weighted by Gasteiger charge is 2.55. The van der Waals surface area contributed by atoms with Gasteiger partial charge in [-0.1, -0.05) is 102 Å². The summed E-state index contributed by atoms with van der Waals surface area (Å²) in [5, 5.41) is 8.62. The summed E-state index contributed by atoms with van der Waals surface area (Å²) >= 11 is 2.95. The summed E-state index contributed by atoms with van der Waals surface area (Å²) in [6.45, 7) is 0. The van der Waals surface area contributed by atoms with E-state index in [0.29, 0.717) is 22.8 Å². The number of amides is 2. The Labute approximate surface area is 267 Å². The highest BCUT2D eigenvalue weighted by Crippen LogP contribution is 2.44. The first-order chi connectivity index (χ1) is 22.1. The maximum Gasteiger partial charge on any atom is 0.356 e. The lowest BCUT2D eigenvalue weighted by atomic mass is 9.99. The molecule has 7 rings (SSSR count). The predicted octanol–water partition coefficient (Wildman–Crippen LogP) is 6.09. The number of ether oxygens (including phenoxy) is 1. The zero-order chi connectivity index (χ0) is 30.8. The number of carbonyl (C=O) groups excluding carboxylic acids is 3. The molecule has 2 aliphatic rings. The molecule has 0 radical (unpaired) electrons. The minimum atomic E-state index is -0.761. The van der Waals surface area contributed by atoms with E-state index in [2.05, 4.69) is 10.5 Å². The third-order valence-corrected chi connectivity index (χ3v) is 9.86. The molecule has 1 fully saturated rings. The van der Waals surface area contributed by atoms with Crippen LogP contribution in [0.1, 0.15) is 27.8 Å². The molecule has 0 aliphatic carbocycles. The average molecular weight is 634 g/mol. The number of fused-ring (bicyclic) bond motifs is 1. The summed E-state index contributed by atoms with van der Waals surface area (Å²) in [7, 11) is 0. The largest absolute Gasteiger partial charge is 0.448 e. The molecule has 0 unspecified atom stereocenters. The highest BCUT2D eigenvalue weighted by atomic mass is 32.2. The molecule has 10 heteroatoms. The number of thioether (sulfide) groups is 1. The minimum absolute atomic E-state index is 0.109. The highest BCUT2D eigenvalue weighted by molar-refractivity contribution is 8.00. The molecular weight excluding hydrogens is 607 g/mol. The van der Waals surface area contributed by atoms with Crippen LogP contribution < -0.4 is 5.32 Å². The first-order valence-corrected chi connectivity index (χ1v) is 16.3. The van der Waals surface area contributed by atoms with Crippen LogP contribution in [0.15, 0.2) is 125 Å². The van der Waals surface area contributed by atoms with Crippen molar-refractivity contribution in [3.05, 3.63) is 142 Å². The van der Waals surface area contributed by atoms with Gasteiger partial charge in [0.15, 0.2) is 11.9 Å². The summed E-state index contributed by atoms with van der Waals surface area (Å²) in [6, 6.07) is 33.3. The van der Waals surface area contributed by atoms with E-state index in [9.17, 15) is 14.4 Å². The van der Waals surface area contributed by atoms with E-state index in [1.165, 1.54) is 28.0 Å². The van der Waals surface area contributed by atoms with Gasteiger partial charge in [-0.3, -0.25) is 14.5 Å². The van der Waals surface area contributed by atoms with Gasteiger partial charge in [-0.05, 0) is 22.6 Å². The number of aromatic nitrogens is 1. The SMILES string of the molecule is O=C(Cc1cccs1)N[C@@H]1C(=O)N2C(C(=O)OC(c3ccccc3)c3ccccc3)=C(c3cc(-c4ccccc4)on3)CS[C@H]12. The Morgan fingerprint density at radius 1 is 0.933 bits per heavy atom. The van der Waals surface area contributed by atoms with Crippen LogP contribution in [-0.2, 0) is 25.5 Å². The summed E-state index contributed by atoms with van der Waals surface area (Å²) in [6.07, 6.45) is -0.525. The van der Waals surface area contributed by atoms with Crippen molar-refractivity contribution in [2.45, 2.75) is 23.9 Å². The summed E-state index contributed by atoms with van der Waals surface area (Å²) in [5.41, 5.74) is 3.51. The second kappa shape index (κ2) is 12.6. The number of nitrogens with zero attached hydrogens (tertiary/aromatic N) is 2. The van der Waals surface area contributed by atoms with Gasteiger partial charge in [0.2, 0.25) is 5.91 Å². The number of hydrogen-bond donors (Lipinski definition) is 1. The minimum Gasteiger partial charge on any atom is -0.448 e. The number of benzene rings is 3. The first kappa shape index (κ1) is 28.8. The second-order valence-electron chi connectivity index (χ2n) is 10.6. The molecule has 5 aromatic rings. The van der Waals surface area contributed by atoms with Crippen LogP contribution in [-0.4, -0.2) is 45.0 Å². The third-order valence-electron chi connectivity index (χ3n) is 7.70. The molecule has 45 heavy (non-hydrogen) atoms. The Morgan fingerprint density at radius 2 is 1.60 bits per heavy atom. The van der Waals surface area contributed by atoms with E-state index >= 15 is 0 Å². The van der Waals surface area contributed by atoms with Crippen molar-refractivity contribution in [2.24, 2.45) is 0 Å². The van der Waals surface area contributed by atoms with E-state index in [-0.39, 0.29) is 23.9 Å².